The molecule has 2 unspecified atom stereocenters. The Morgan fingerprint density at radius 2 is 2.26 bits per heavy atom. The Morgan fingerprint density at radius 3 is 2.95 bits per heavy atom. The van der Waals surface area contributed by atoms with Gasteiger partial charge in [0, 0.05) is 25.3 Å². The minimum absolute atomic E-state index is 0.667. The van der Waals surface area contributed by atoms with Crippen LogP contribution in [-0.4, -0.2) is 33.6 Å². The third-order valence-corrected chi connectivity index (χ3v) is 4.43. The summed E-state index contributed by atoms with van der Waals surface area (Å²) in [5, 5.41) is 0. The zero-order valence-electron chi connectivity index (χ0n) is 12.4. The molecule has 1 aliphatic rings. The molecule has 2 atom stereocenters. The Bertz CT molecular complexity index is 374. The second kappa shape index (κ2) is 7.06. The van der Waals surface area contributed by atoms with Crippen molar-refractivity contribution in [1.82, 2.24) is 14.5 Å². The monoisotopic (exact) mass is 264 g/mol. The summed E-state index contributed by atoms with van der Waals surface area (Å²) in [5.74, 6) is 0.683. The van der Waals surface area contributed by atoms with E-state index in [9.17, 15) is 0 Å². The predicted octanol–water partition coefficient (Wildman–Crippen LogP) is 2.24. The zero-order valence-corrected chi connectivity index (χ0v) is 12.4. The van der Waals surface area contributed by atoms with Crippen LogP contribution in [0, 0.1) is 5.92 Å². The van der Waals surface area contributed by atoms with Gasteiger partial charge in [-0.1, -0.05) is 20.3 Å². The third-order valence-electron chi connectivity index (χ3n) is 4.43. The number of hydrogen-bond acceptors (Lipinski definition) is 3. The lowest BCUT2D eigenvalue weighted by atomic mass is 10.0. The van der Waals surface area contributed by atoms with Crippen LogP contribution >= 0.6 is 0 Å². The summed E-state index contributed by atoms with van der Waals surface area (Å²) in [6.45, 7) is 8.47. The Kier molecular flexibility index (Phi) is 5.40. The Hall–Kier alpha value is -0.870. The molecule has 1 aromatic heterocycles. The molecule has 1 fully saturated rings. The molecule has 4 heteroatoms. The fourth-order valence-corrected chi connectivity index (χ4v) is 3.37. The summed E-state index contributed by atoms with van der Waals surface area (Å²) in [5.41, 5.74) is 7.26. The number of aryl methyl sites for hydroxylation is 1. The van der Waals surface area contributed by atoms with Crippen molar-refractivity contribution in [3.05, 3.63) is 18.2 Å². The van der Waals surface area contributed by atoms with E-state index in [0.29, 0.717) is 12.0 Å². The van der Waals surface area contributed by atoms with E-state index in [-0.39, 0.29) is 0 Å². The summed E-state index contributed by atoms with van der Waals surface area (Å²) < 4.78 is 2.29. The average molecular weight is 264 g/mol. The molecule has 0 spiro atoms. The average Bonchev–Trinajstić information content (AvgIpc) is 3.05. The van der Waals surface area contributed by atoms with Crippen molar-refractivity contribution < 1.29 is 0 Å². The van der Waals surface area contributed by atoms with E-state index in [1.165, 1.54) is 25.0 Å². The molecule has 2 N–H and O–H groups in total. The predicted molar refractivity (Wildman–Crippen MR) is 78.8 cm³/mol. The van der Waals surface area contributed by atoms with E-state index in [4.69, 9.17) is 5.73 Å². The maximum Gasteiger partial charge on any atom is 0.0948 e. The van der Waals surface area contributed by atoms with Crippen LogP contribution in [0.25, 0.3) is 0 Å². The van der Waals surface area contributed by atoms with Crippen molar-refractivity contribution in [3.63, 3.8) is 0 Å². The van der Waals surface area contributed by atoms with E-state index >= 15 is 0 Å². The number of nitrogens with zero attached hydrogens (tertiary/aromatic N) is 3. The van der Waals surface area contributed by atoms with Gasteiger partial charge >= 0.3 is 0 Å². The van der Waals surface area contributed by atoms with E-state index in [0.717, 1.165) is 32.6 Å². The van der Waals surface area contributed by atoms with E-state index < -0.39 is 0 Å². The minimum atomic E-state index is 0.667. The number of hydrogen-bond donors (Lipinski definition) is 1. The van der Waals surface area contributed by atoms with Gasteiger partial charge in [0.25, 0.3) is 0 Å². The van der Waals surface area contributed by atoms with Crippen LogP contribution in [0.3, 0.4) is 0 Å². The Labute approximate surface area is 117 Å². The molecule has 0 bridgehead atoms. The molecule has 108 valence electrons. The quantitative estimate of drug-likeness (QED) is 0.821. The van der Waals surface area contributed by atoms with Gasteiger partial charge in [0.1, 0.15) is 0 Å². The lowest BCUT2D eigenvalue weighted by Crippen LogP contribution is -2.40. The second-order valence-electron chi connectivity index (χ2n) is 5.64. The van der Waals surface area contributed by atoms with Gasteiger partial charge < -0.3 is 10.3 Å². The smallest absolute Gasteiger partial charge is 0.0948 e. The number of aromatic nitrogens is 2. The molecule has 0 amide bonds. The Balaban J connectivity index is 2.03. The van der Waals surface area contributed by atoms with Crippen LogP contribution in [-0.2, 0) is 13.1 Å². The van der Waals surface area contributed by atoms with Gasteiger partial charge in [-0.05, 0) is 38.3 Å². The molecule has 0 saturated heterocycles. The van der Waals surface area contributed by atoms with Gasteiger partial charge in [-0.3, -0.25) is 4.90 Å². The second-order valence-corrected chi connectivity index (χ2v) is 5.64. The van der Waals surface area contributed by atoms with E-state index in [1.807, 2.05) is 12.5 Å². The molecule has 1 saturated carbocycles. The normalized spacial score (nSPS) is 23.4. The molecule has 4 nitrogen and oxygen atoms in total. The third kappa shape index (κ3) is 3.37. The number of nitrogens with two attached hydrogens (primary N) is 1. The van der Waals surface area contributed by atoms with Crippen LogP contribution in [0.5, 0.6) is 0 Å². The summed E-state index contributed by atoms with van der Waals surface area (Å²) in [4.78, 5) is 6.90. The highest BCUT2D eigenvalue weighted by Gasteiger charge is 2.30. The molecular formula is C15H28N4. The van der Waals surface area contributed by atoms with Crippen LogP contribution in [0.4, 0.5) is 0 Å². The molecule has 2 rings (SSSR count). The molecule has 19 heavy (non-hydrogen) atoms. The van der Waals surface area contributed by atoms with Crippen molar-refractivity contribution >= 4 is 0 Å². The van der Waals surface area contributed by atoms with Gasteiger partial charge in [0.2, 0.25) is 0 Å². The number of rotatable bonds is 7. The van der Waals surface area contributed by atoms with E-state index in [1.54, 1.807) is 0 Å². The highest BCUT2D eigenvalue weighted by molar-refractivity contribution is 5.00. The van der Waals surface area contributed by atoms with Gasteiger partial charge in [0.05, 0.1) is 12.0 Å². The highest BCUT2D eigenvalue weighted by Crippen LogP contribution is 2.30. The fourth-order valence-electron chi connectivity index (χ4n) is 3.37. The molecule has 0 aliphatic heterocycles. The van der Waals surface area contributed by atoms with Crippen LogP contribution in [0.2, 0.25) is 0 Å². The molecule has 0 aromatic carbocycles. The SMILES string of the molecule is CCCn1cncc1CN(CC)C1CCCC1CN. The van der Waals surface area contributed by atoms with Gasteiger partial charge in [-0.25, -0.2) is 4.98 Å². The summed E-state index contributed by atoms with van der Waals surface area (Å²) in [6.07, 6.45) is 9.07. The molecule has 1 aromatic rings. The first-order valence-corrected chi connectivity index (χ1v) is 7.73. The molecule has 1 aliphatic carbocycles. The van der Waals surface area contributed by atoms with Gasteiger partial charge in [0.15, 0.2) is 0 Å². The van der Waals surface area contributed by atoms with Crippen molar-refractivity contribution in [2.24, 2.45) is 11.7 Å². The fraction of sp³-hybridized carbons (Fsp3) is 0.800. The van der Waals surface area contributed by atoms with E-state index in [2.05, 4.69) is 28.3 Å². The van der Waals surface area contributed by atoms with Crippen molar-refractivity contribution in [2.45, 2.75) is 58.7 Å². The summed E-state index contributed by atoms with van der Waals surface area (Å²) in [6, 6.07) is 0.667. The highest BCUT2D eigenvalue weighted by atomic mass is 15.2. The minimum Gasteiger partial charge on any atom is -0.333 e. The van der Waals surface area contributed by atoms with Gasteiger partial charge in [-0.15, -0.1) is 0 Å². The van der Waals surface area contributed by atoms with Crippen LogP contribution in [0.15, 0.2) is 12.5 Å². The first kappa shape index (κ1) is 14.5. The maximum absolute atomic E-state index is 5.92. The van der Waals surface area contributed by atoms with Crippen molar-refractivity contribution in [1.29, 1.82) is 0 Å². The maximum atomic E-state index is 5.92. The zero-order chi connectivity index (χ0) is 13.7. The van der Waals surface area contributed by atoms with Crippen molar-refractivity contribution in [3.8, 4) is 0 Å². The summed E-state index contributed by atoms with van der Waals surface area (Å²) >= 11 is 0. The molecule has 1 heterocycles. The first-order valence-electron chi connectivity index (χ1n) is 7.73. The van der Waals surface area contributed by atoms with Crippen LogP contribution in [0.1, 0.15) is 45.2 Å². The first-order chi connectivity index (χ1) is 9.30. The largest absolute Gasteiger partial charge is 0.333 e. The molecular weight excluding hydrogens is 236 g/mol. The number of imidazole rings is 1. The van der Waals surface area contributed by atoms with Gasteiger partial charge in [-0.2, -0.15) is 0 Å². The lowest BCUT2D eigenvalue weighted by Gasteiger charge is -2.31. The standard InChI is InChI=1S/C15H28N4/c1-3-8-19-12-17-10-14(19)11-18(4-2)15-7-5-6-13(15)9-16/h10,12-13,15H,3-9,11,16H2,1-2H3. The topological polar surface area (TPSA) is 47.1 Å². The lowest BCUT2D eigenvalue weighted by molar-refractivity contribution is 0.158. The van der Waals surface area contributed by atoms with Crippen molar-refractivity contribution in [2.75, 3.05) is 13.1 Å². The molecule has 0 radical (unpaired) electrons. The Morgan fingerprint density at radius 1 is 1.42 bits per heavy atom. The summed E-state index contributed by atoms with van der Waals surface area (Å²) in [7, 11) is 0. The van der Waals surface area contributed by atoms with Crippen LogP contribution < -0.4 is 5.73 Å².